The van der Waals surface area contributed by atoms with Crippen molar-refractivity contribution in [3.63, 3.8) is 0 Å². The number of aromatic nitrogens is 5. The molecule has 17 rings (SSSR count). The van der Waals surface area contributed by atoms with Crippen LogP contribution in [0.4, 0.5) is 0 Å². The van der Waals surface area contributed by atoms with Crippen molar-refractivity contribution in [2.45, 2.75) is 0 Å². The van der Waals surface area contributed by atoms with Gasteiger partial charge in [-0.25, -0.2) is 15.0 Å². The van der Waals surface area contributed by atoms with Crippen LogP contribution in [0.1, 0.15) is 0 Å². The van der Waals surface area contributed by atoms with Crippen molar-refractivity contribution in [2.75, 3.05) is 0 Å². The molecule has 0 aliphatic heterocycles. The van der Waals surface area contributed by atoms with Gasteiger partial charge in [0, 0.05) is 54.9 Å². The minimum atomic E-state index is 0.579. The first-order valence-electron chi connectivity index (χ1n) is 28.7. The molecule has 0 saturated heterocycles. The summed E-state index contributed by atoms with van der Waals surface area (Å²) >= 11 is 0. The Hall–Kier alpha value is -11.3. The van der Waals surface area contributed by atoms with Gasteiger partial charge in [0.25, 0.3) is 0 Å². The fourth-order valence-corrected chi connectivity index (χ4v) is 13.2. The lowest BCUT2D eigenvalue weighted by molar-refractivity contribution is 1.08. The number of benzene rings is 14. The zero-order chi connectivity index (χ0) is 55.2. The molecule has 0 saturated carbocycles. The van der Waals surface area contributed by atoms with Crippen molar-refractivity contribution in [1.29, 1.82) is 0 Å². The van der Waals surface area contributed by atoms with E-state index in [1.54, 1.807) is 0 Å². The van der Waals surface area contributed by atoms with Gasteiger partial charge < -0.3 is 9.13 Å². The Morgan fingerprint density at radius 1 is 0.214 bits per heavy atom. The van der Waals surface area contributed by atoms with Gasteiger partial charge in [-0.1, -0.05) is 231 Å². The monoisotopic (exact) mass is 1070 g/mol. The third-order valence-electron chi connectivity index (χ3n) is 17.1. The summed E-state index contributed by atoms with van der Waals surface area (Å²) in [5.41, 5.74) is 16.0. The van der Waals surface area contributed by atoms with Crippen molar-refractivity contribution >= 4 is 86.7 Å². The Bertz CT molecular complexity index is 5490. The number of fused-ring (bicyclic) bond motifs is 11. The van der Waals surface area contributed by atoms with E-state index in [2.05, 4.69) is 306 Å². The van der Waals surface area contributed by atoms with Crippen LogP contribution in [-0.2, 0) is 0 Å². The normalized spacial score (nSPS) is 11.8. The van der Waals surface area contributed by atoms with Crippen LogP contribution in [-0.4, -0.2) is 24.1 Å². The molecular weight excluding hydrogens is 1020 g/mol. The number of hydrogen-bond acceptors (Lipinski definition) is 3. The molecule has 0 bridgehead atoms. The fraction of sp³-hybridized carbons (Fsp3) is 0. The van der Waals surface area contributed by atoms with Crippen LogP contribution in [0.3, 0.4) is 0 Å². The van der Waals surface area contributed by atoms with Crippen molar-refractivity contribution in [3.8, 4) is 78.9 Å². The highest BCUT2D eigenvalue weighted by Gasteiger charge is 2.26. The molecule has 0 aliphatic carbocycles. The molecule has 0 atom stereocenters. The molecule has 0 spiro atoms. The SMILES string of the molecule is c1ccc(-c2cccc(-c3cc(-c4nc(-c5ccc6ccccc6c5)nc(-c5cccc6c5c5ccccc5n6-c5ccccc5)n4)c4ccc(-c5ccccc5)cc4c3-n3c4cc5ccccc5cc4c4c5ccccc5ccc43)c2)cc1. The molecule has 3 aromatic heterocycles. The summed E-state index contributed by atoms with van der Waals surface area (Å²) in [6, 6.07) is 108. The van der Waals surface area contributed by atoms with Crippen LogP contribution in [0.15, 0.2) is 297 Å². The van der Waals surface area contributed by atoms with Gasteiger partial charge in [-0.05, 0) is 132 Å². The molecule has 0 radical (unpaired) electrons. The quantitative estimate of drug-likeness (QED) is 0.152. The second-order valence-corrected chi connectivity index (χ2v) is 21.9. The van der Waals surface area contributed by atoms with E-state index in [1.165, 1.54) is 32.3 Å². The van der Waals surface area contributed by atoms with Gasteiger partial charge in [-0.3, -0.25) is 0 Å². The lowest BCUT2D eigenvalue weighted by Gasteiger charge is -2.21. The van der Waals surface area contributed by atoms with E-state index in [4.69, 9.17) is 15.0 Å². The van der Waals surface area contributed by atoms with E-state index in [0.29, 0.717) is 17.5 Å². The predicted molar refractivity (Wildman–Crippen MR) is 351 cm³/mol. The van der Waals surface area contributed by atoms with Crippen LogP contribution in [0.2, 0.25) is 0 Å². The maximum Gasteiger partial charge on any atom is 0.164 e. The second kappa shape index (κ2) is 19.2. The highest BCUT2D eigenvalue weighted by atomic mass is 15.0. The highest BCUT2D eigenvalue weighted by molar-refractivity contribution is 6.25. The summed E-state index contributed by atoms with van der Waals surface area (Å²) in [7, 11) is 0. The van der Waals surface area contributed by atoms with Crippen LogP contribution in [0.5, 0.6) is 0 Å². The maximum atomic E-state index is 5.75. The van der Waals surface area contributed by atoms with Crippen LogP contribution >= 0.6 is 0 Å². The van der Waals surface area contributed by atoms with Gasteiger partial charge in [0.2, 0.25) is 0 Å². The minimum Gasteiger partial charge on any atom is -0.309 e. The molecule has 0 amide bonds. The zero-order valence-corrected chi connectivity index (χ0v) is 45.5. The molecule has 390 valence electrons. The topological polar surface area (TPSA) is 48.5 Å². The number of nitrogens with zero attached hydrogens (tertiary/aromatic N) is 5. The average Bonchev–Trinajstić information content (AvgIpc) is 1.67. The van der Waals surface area contributed by atoms with E-state index in [0.717, 1.165) is 116 Å². The lowest BCUT2D eigenvalue weighted by atomic mass is 9.90. The largest absolute Gasteiger partial charge is 0.309 e. The fourth-order valence-electron chi connectivity index (χ4n) is 13.2. The Balaban J connectivity index is 1.03. The third-order valence-corrected chi connectivity index (χ3v) is 17.1. The molecule has 0 N–H and O–H groups in total. The van der Waals surface area contributed by atoms with Crippen molar-refractivity contribution in [1.82, 2.24) is 24.1 Å². The predicted octanol–water partition coefficient (Wildman–Crippen LogP) is 20.7. The minimum absolute atomic E-state index is 0.579. The van der Waals surface area contributed by atoms with Crippen LogP contribution < -0.4 is 0 Å². The smallest absolute Gasteiger partial charge is 0.164 e. The van der Waals surface area contributed by atoms with E-state index >= 15 is 0 Å². The second-order valence-electron chi connectivity index (χ2n) is 21.9. The van der Waals surface area contributed by atoms with Crippen molar-refractivity contribution in [2.24, 2.45) is 0 Å². The van der Waals surface area contributed by atoms with Gasteiger partial charge >= 0.3 is 0 Å². The average molecular weight is 1070 g/mol. The first kappa shape index (κ1) is 47.5. The van der Waals surface area contributed by atoms with Gasteiger partial charge in [0.15, 0.2) is 17.5 Å². The van der Waals surface area contributed by atoms with E-state index in [1.807, 2.05) is 0 Å². The van der Waals surface area contributed by atoms with Crippen molar-refractivity contribution in [3.05, 3.63) is 297 Å². The van der Waals surface area contributed by atoms with Crippen molar-refractivity contribution < 1.29 is 0 Å². The van der Waals surface area contributed by atoms with Crippen LogP contribution in [0, 0.1) is 0 Å². The first-order chi connectivity index (χ1) is 41.6. The highest BCUT2D eigenvalue weighted by Crippen LogP contribution is 2.48. The number of rotatable bonds is 8. The van der Waals surface area contributed by atoms with Crippen LogP contribution in [0.25, 0.3) is 166 Å². The van der Waals surface area contributed by atoms with E-state index < -0.39 is 0 Å². The first-order valence-corrected chi connectivity index (χ1v) is 28.7. The van der Waals surface area contributed by atoms with Gasteiger partial charge in [0.05, 0.1) is 27.8 Å². The molecular formula is C79H49N5. The van der Waals surface area contributed by atoms with E-state index in [-0.39, 0.29) is 0 Å². The maximum absolute atomic E-state index is 5.75. The molecule has 84 heavy (non-hydrogen) atoms. The Morgan fingerprint density at radius 2 is 0.762 bits per heavy atom. The molecule has 3 heterocycles. The summed E-state index contributed by atoms with van der Waals surface area (Å²) in [6.45, 7) is 0. The van der Waals surface area contributed by atoms with E-state index in [9.17, 15) is 0 Å². The molecule has 14 aromatic carbocycles. The Morgan fingerprint density at radius 3 is 1.54 bits per heavy atom. The molecule has 0 fully saturated rings. The van der Waals surface area contributed by atoms with Gasteiger partial charge in [-0.15, -0.1) is 0 Å². The lowest BCUT2D eigenvalue weighted by Crippen LogP contribution is -2.04. The van der Waals surface area contributed by atoms with Gasteiger partial charge in [-0.2, -0.15) is 0 Å². The summed E-state index contributed by atoms with van der Waals surface area (Å²) in [4.78, 5) is 17.0. The molecule has 5 nitrogen and oxygen atoms in total. The standard InChI is InChI=1S/C79H49N5/c1-4-20-50(21-5-1)55-29-18-30-59(44-55)66-49-68(63-42-40-58(51-22-6-2-7-23-51)46-67(63)76(66)84-72-43-41-53-25-14-15-33-62(53)74(72)69-47-56-27-12-13-28-57(56)48-73(69)84)79-81-77(60-39-38-52-24-10-11-26-54(52)45-60)80-78(82-79)65-35-19-37-71-75(65)64-34-16-17-36-70(64)83(71)61-31-8-3-9-32-61/h1-49H. The molecule has 5 heteroatoms. The Kier molecular flexibility index (Phi) is 10.9. The summed E-state index contributed by atoms with van der Waals surface area (Å²) in [5, 5.41) is 13.8. The molecule has 0 unspecified atom stereocenters. The zero-order valence-electron chi connectivity index (χ0n) is 45.5. The number of para-hydroxylation sites is 2. The molecule has 17 aromatic rings. The number of hydrogen-bond donors (Lipinski definition) is 0. The summed E-state index contributed by atoms with van der Waals surface area (Å²) in [6.07, 6.45) is 0. The Labute approximate surface area is 484 Å². The van der Waals surface area contributed by atoms with Gasteiger partial charge in [0.1, 0.15) is 0 Å². The summed E-state index contributed by atoms with van der Waals surface area (Å²) in [5.74, 6) is 1.77. The third kappa shape index (κ3) is 7.67. The molecule has 0 aliphatic rings. The summed E-state index contributed by atoms with van der Waals surface area (Å²) < 4.78 is 4.91.